The number of rotatable bonds is 6. The molecule has 6 heteroatoms. The molecule has 1 aliphatic rings. The van der Waals surface area contributed by atoms with Crippen LogP contribution < -0.4 is 9.47 Å². The average molecular weight is 345 g/mol. The van der Waals surface area contributed by atoms with Gasteiger partial charge in [-0.3, -0.25) is 4.79 Å². The van der Waals surface area contributed by atoms with Gasteiger partial charge in [0.25, 0.3) is 5.91 Å². The fourth-order valence-corrected chi connectivity index (χ4v) is 2.83. The van der Waals surface area contributed by atoms with E-state index in [0.717, 1.165) is 0 Å². The number of amides is 1. The maximum Gasteiger partial charge on any atom is 0.338 e. The summed E-state index contributed by atoms with van der Waals surface area (Å²) in [7, 11) is 3.06. The van der Waals surface area contributed by atoms with Crippen LogP contribution >= 0.6 is 0 Å². The summed E-state index contributed by atoms with van der Waals surface area (Å²) in [6.45, 7) is 6.11. The van der Waals surface area contributed by atoms with Gasteiger partial charge in [0.2, 0.25) is 0 Å². The molecule has 0 bridgehead atoms. The van der Waals surface area contributed by atoms with Gasteiger partial charge in [0, 0.05) is 12.2 Å². The molecule has 1 N–H and O–H groups in total. The summed E-state index contributed by atoms with van der Waals surface area (Å²) in [6.07, 6.45) is 1.58. The topological polar surface area (TPSA) is 76.1 Å². The van der Waals surface area contributed by atoms with Gasteiger partial charge in [0.05, 0.1) is 25.4 Å². The Balaban J connectivity index is 2.51. The highest BCUT2D eigenvalue weighted by Gasteiger charge is 2.36. The van der Waals surface area contributed by atoms with Crippen molar-refractivity contribution in [3.05, 3.63) is 40.6 Å². The van der Waals surface area contributed by atoms with Gasteiger partial charge in [-0.15, -0.1) is 0 Å². The Morgan fingerprint density at radius 2 is 1.88 bits per heavy atom. The van der Waals surface area contributed by atoms with Gasteiger partial charge in [-0.25, -0.2) is 4.79 Å². The minimum Gasteiger partial charge on any atom is -0.493 e. The Morgan fingerprint density at radius 3 is 2.40 bits per heavy atom. The zero-order valence-electron chi connectivity index (χ0n) is 15.1. The van der Waals surface area contributed by atoms with Crippen molar-refractivity contribution in [3.8, 4) is 11.5 Å². The lowest BCUT2D eigenvalue weighted by Gasteiger charge is -2.19. The van der Waals surface area contributed by atoms with Crippen LogP contribution in [0.5, 0.6) is 11.5 Å². The fourth-order valence-electron chi connectivity index (χ4n) is 2.83. The molecule has 0 aromatic heterocycles. The molecule has 134 valence electrons. The molecule has 0 radical (unpaired) electrons. The number of nitrogens with zero attached hydrogens (tertiary/aromatic N) is 1. The van der Waals surface area contributed by atoms with E-state index in [1.807, 2.05) is 13.8 Å². The van der Waals surface area contributed by atoms with Crippen LogP contribution in [0.25, 0.3) is 6.08 Å². The molecule has 0 spiro atoms. The molecule has 0 aliphatic carbocycles. The number of ether oxygens (including phenoxy) is 2. The van der Waals surface area contributed by atoms with Gasteiger partial charge in [0.1, 0.15) is 0 Å². The van der Waals surface area contributed by atoms with Crippen molar-refractivity contribution >= 4 is 18.0 Å². The van der Waals surface area contributed by atoms with Crippen LogP contribution in [0.15, 0.2) is 35.0 Å². The maximum atomic E-state index is 12.7. The zero-order valence-corrected chi connectivity index (χ0v) is 15.1. The van der Waals surface area contributed by atoms with E-state index in [1.165, 1.54) is 19.1 Å². The van der Waals surface area contributed by atoms with Crippen molar-refractivity contribution in [1.82, 2.24) is 4.90 Å². The Kier molecular flexibility index (Phi) is 5.51. The average Bonchev–Trinajstić information content (AvgIpc) is 2.78. The molecular weight excluding hydrogens is 322 g/mol. The molecule has 0 atom stereocenters. The number of allylic oxidation sites excluding steroid dienone is 1. The van der Waals surface area contributed by atoms with Crippen molar-refractivity contribution < 1.29 is 24.2 Å². The van der Waals surface area contributed by atoms with Gasteiger partial charge in [-0.2, -0.15) is 0 Å². The first-order chi connectivity index (χ1) is 11.8. The van der Waals surface area contributed by atoms with E-state index in [1.54, 1.807) is 31.2 Å². The first-order valence-electron chi connectivity index (χ1n) is 8.00. The van der Waals surface area contributed by atoms with Crippen LogP contribution in [-0.2, 0) is 9.59 Å². The molecule has 0 unspecified atom stereocenters. The van der Waals surface area contributed by atoms with E-state index in [-0.39, 0.29) is 23.0 Å². The van der Waals surface area contributed by atoms with Crippen LogP contribution in [0.1, 0.15) is 26.3 Å². The highest BCUT2D eigenvalue weighted by molar-refractivity contribution is 6.15. The van der Waals surface area contributed by atoms with Crippen molar-refractivity contribution in [3.63, 3.8) is 0 Å². The Morgan fingerprint density at radius 1 is 1.24 bits per heavy atom. The lowest BCUT2D eigenvalue weighted by atomic mass is 10.0. The SMILES string of the molecule is COc1ccc(/C=C2\C(=O)N(CC(C)C)C(C)=C2C(=O)O)cc1OC. The largest absolute Gasteiger partial charge is 0.493 e. The number of aliphatic carboxylic acids is 1. The van der Waals surface area contributed by atoms with Crippen molar-refractivity contribution in [1.29, 1.82) is 0 Å². The van der Waals surface area contributed by atoms with Crippen molar-refractivity contribution in [2.24, 2.45) is 5.92 Å². The highest BCUT2D eigenvalue weighted by Crippen LogP contribution is 2.33. The summed E-state index contributed by atoms with van der Waals surface area (Å²) in [5, 5.41) is 9.56. The third-order valence-electron chi connectivity index (χ3n) is 3.99. The number of carboxylic acids is 1. The minimum atomic E-state index is -1.11. The molecule has 0 saturated heterocycles. The summed E-state index contributed by atoms with van der Waals surface area (Å²) < 4.78 is 10.5. The Hall–Kier alpha value is -2.76. The molecule has 1 aromatic carbocycles. The predicted octanol–water partition coefficient (Wildman–Crippen LogP) is 2.94. The molecule has 1 heterocycles. The van der Waals surface area contributed by atoms with Gasteiger partial charge in [-0.05, 0) is 36.6 Å². The first-order valence-corrected chi connectivity index (χ1v) is 8.00. The Labute approximate surface area is 147 Å². The highest BCUT2D eigenvalue weighted by atomic mass is 16.5. The number of carboxylic acid groups (broad SMARTS) is 1. The second-order valence-electron chi connectivity index (χ2n) is 6.25. The lowest BCUT2D eigenvalue weighted by Crippen LogP contribution is -2.28. The lowest BCUT2D eigenvalue weighted by molar-refractivity contribution is -0.132. The van der Waals surface area contributed by atoms with Crippen molar-refractivity contribution in [2.75, 3.05) is 20.8 Å². The number of carbonyl (C=O) groups excluding carboxylic acids is 1. The zero-order chi connectivity index (χ0) is 18.7. The van der Waals surface area contributed by atoms with Gasteiger partial charge >= 0.3 is 5.97 Å². The summed E-state index contributed by atoms with van der Waals surface area (Å²) >= 11 is 0. The molecule has 2 rings (SSSR count). The van der Waals surface area contributed by atoms with Crippen LogP contribution in [0.2, 0.25) is 0 Å². The van der Waals surface area contributed by atoms with Crippen LogP contribution in [-0.4, -0.2) is 42.6 Å². The normalized spacial score (nSPS) is 16.2. The standard InChI is InChI=1S/C19H23NO5/c1-11(2)10-20-12(3)17(19(22)23)14(18(20)21)8-13-6-7-15(24-4)16(9-13)25-5/h6-9,11H,10H2,1-5H3,(H,22,23)/b14-8-. The smallest absolute Gasteiger partial charge is 0.338 e. The van der Waals surface area contributed by atoms with E-state index in [4.69, 9.17) is 9.47 Å². The second kappa shape index (κ2) is 7.42. The number of methoxy groups -OCH3 is 2. The second-order valence-corrected chi connectivity index (χ2v) is 6.25. The Bertz CT molecular complexity index is 761. The van der Waals surface area contributed by atoms with Gasteiger partial charge < -0.3 is 19.5 Å². The molecule has 6 nitrogen and oxygen atoms in total. The third kappa shape index (κ3) is 3.68. The van der Waals surface area contributed by atoms with E-state index in [2.05, 4.69) is 0 Å². The monoisotopic (exact) mass is 345 g/mol. The van der Waals surface area contributed by atoms with Crippen LogP contribution in [0, 0.1) is 5.92 Å². The molecule has 1 aromatic rings. The summed E-state index contributed by atoms with van der Waals surface area (Å²) in [5.41, 5.74) is 1.36. The molecule has 25 heavy (non-hydrogen) atoms. The van der Waals surface area contributed by atoms with Crippen molar-refractivity contribution in [2.45, 2.75) is 20.8 Å². The quantitative estimate of drug-likeness (QED) is 0.802. The van der Waals surface area contributed by atoms with Crippen LogP contribution in [0.4, 0.5) is 0 Å². The maximum absolute atomic E-state index is 12.7. The van der Waals surface area contributed by atoms with E-state index in [0.29, 0.717) is 29.3 Å². The van der Waals surface area contributed by atoms with E-state index < -0.39 is 5.97 Å². The summed E-state index contributed by atoms with van der Waals surface area (Å²) in [4.78, 5) is 26.0. The molecular formula is C19H23NO5. The van der Waals surface area contributed by atoms with Gasteiger partial charge in [-0.1, -0.05) is 19.9 Å². The third-order valence-corrected chi connectivity index (χ3v) is 3.99. The van der Waals surface area contributed by atoms with E-state index >= 15 is 0 Å². The van der Waals surface area contributed by atoms with Crippen LogP contribution in [0.3, 0.4) is 0 Å². The minimum absolute atomic E-state index is 0.0421. The number of hydrogen-bond donors (Lipinski definition) is 1. The van der Waals surface area contributed by atoms with E-state index in [9.17, 15) is 14.7 Å². The molecule has 1 aliphatic heterocycles. The molecule has 1 amide bonds. The number of carbonyl (C=O) groups is 2. The molecule has 0 fully saturated rings. The number of benzene rings is 1. The first kappa shape index (κ1) is 18.6. The molecule has 0 saturated carbocycles. The summed E-state index contributed by atoms with van der Waals surface area (Å²) in [6, 6.07) is 5.17. The summed E-state index contributed by atoms with van der Waals surface area (Å²) in [5.74, 6) is -0.0930. The fraction of sp³-hybridized carbons (Fsp3) is 0.368. The predicted molar refractivity (Wildman–Crippen MR) is 94.4 cm³/mol. The number of hydrogen-bond acceptors (Lipinski definition) is 4. The van der Waals surface area contributed by atoms with Gasteiger partial charge in [0.15, 0.2) is 11.5 Å².